The van der Waals surface area contributed by atoms with Crippen LogP contribution in [0.15, 0.2) is 36.5 Å². The molecular formula is C17H18ClN5O. The standard InChI is InChI=1S/C17H18ClN5O/c1-3-23-10-13(18)16(22-23)9-19-17(24)15-8-14(20-21-15)12-6-4-11(2)5-7-12/h4-8,10H,3,9H2,1-2H3,(H,19,24)(H,20,21). The molecule has 3 aromatic rings. The number of aromatic nitrogens is 4. The van der Waals surface area contributed by atoms with Gasteiger partial charge in [0.15, 0.2) is 0 Å². The Bertz CT molecular complexity index is 850. The largest absolute Gasteiger partial charge is 0.345 e. The first-order chi connectivity index (χ1) is 11.6. The summed E-state index contributed by atoms with van der Waals surface area (Å²) >= 11 is 6.10. The van der Waals surface area contributed by atoms with Crippen molar-refractivity contribution in [3.63, 3.8) is 0 Å². The van der Waals surface area contributed by atoms with Gasteiger partial charge in [-0.2, -0.15) is 10.2 Å². The van der Waals surface area contributed by atoms with E-state index in [0.29, 0.717) is 16.4 Å². The molecule has 24 heavy (non-hydrogen) atoms. The van der Waals surface area contributed by atoms with Crippen LogP contribution in [0.1, 0.15) is 28.7 Å². The highest BCUT2D eigenvalue weighted by atomic mass is 35.5. The molecule has 0 bridgehead atoms. The number of benzene rings is 1. The zero-order chi connectivity index (χ0) is 17.1. The molecule has 0 aliphatic heterocycles. The van der Waals surface area contributed by atoms with Gasteiger partial charge in [-0.25, -0.2) is 0 Å². The highest BCUT2D eigenvalue weighted by Crippen LogP contribution is 2.18. The molecule has 0 aliphatic carbocycles. The summed E-state index contributed by atoms with van der Waals surface area (Å²) in [6, 6.07) is 9.70. The molecule has 0 saturated carbocycles. The number of aryl methyl sites for hydroxylation is 2. The zero-order valence-corrected chi connectivity index (χ0v) is 14.3. The monoisotopic (exact) mass is 343 g/mol. The van der Waals surface area contributed by atoms with E-state index in [2.05, 4.69) is 20.6 Å². The Balaban J connectivity index is 1.67. The quantitative estimate of drug-likeness (QED) is 0.747. The van der Waals surface area contributed by atoms with Gasteiger partial charge in [-0.15, -0.1) is 0 Å². The van der Waals surface area contributed by atoms with Crippen LogP contribution in [0, 0.1) is 6.92 Å². The van der Waals surface area contributed by atoms with E-state index in [1.165, 1.54) is 5.56 Å². The Morgan fingerprint density at radius 3 is 2.75 bits per heavy atom. The van der Waals surface area contributed by atoms with Crippen LogP contribution in [-0.2, 0) is 13.1 Å². The first-order valence-electron chi connectivity index (χ1n) is 7.69. The maximum Gasteiger partial charge on any atom is 0.269 e. The molecule has 0 radical (unpaired) electrons. The number of hydrogen-bond donors (Lipinski definition) is 2. The van der Waals surface area contributed by atoms with Crippen molar-refractivity contribution < 1.29 is 4.79 Å². The number of nitrogens with zero attached hydrogens (tertiary/aromatic N) is 3. The zero-order valence-electron chi connectivity index (χ0n) is 13.5. The minimum atomic E-state index is -0.247. The Morgan fingerprint density at radius 2 is 2.08 bits per heavy atom. The molecule has 2 aromatic heterocycles. The van der Waals surface area contributed by atoms with Crippen LogP contribution in [0.2, 0.25) is 5.02 Å². The topological polar surface area (TPSA) is 75.6 Å². The van der Waals surface area contributed by atoms with Gasteiger partial charge < -0.3 is 5.32 Å². The summed E-state index contributed by atoms with van der Waals surface area (Å²) in [4.78, 5) is 12.2. The number of H-pyrrole nitrogens is 1. The fourth-order valence-electron chi connectivity index (χ4n) is 2.29. The van der Waals surface area contributed by atoms with Crippen molar-refractivity contribution in [3.8, 4) is 11.3 Å². The molecule has 0 atom stereocenters. The summed E-state index contributed by atoms with van der Waals surface area (Å²) in [5, 5.41) is 14.6. The summed E-state index contributed by atoms with van der Waals surface area (Å²) in [7, 11) is 0. The summed E-state index contributed by atoms with van der Waals surface area (Å²) in [6.45, 7) is 5.00. The molecule has 1 aromatic carbocycles. The van der Waals surface area contributed by atoms with Crippen molar-refractivity contribution >= 4 is 17.5 Å². The number of hydrogen-bond acceptors (Lipinski definition) is 3. The number of rotatable bonds is 5. The van der Waals surface area contributed by atoms with Gasteiger partial charge >= 0.3 is 0 Å². The first-order valence-corrected chi connectivity index (χ1v) is 8.07. The van der Waals surface area contributed by atoms with Gasteiger partial charge in [0, 0.05) is 18.3 Å². The fraction of sp³-hybridized carbons (Fsp3) is 0.235. The van der Waals surface area contributed by atoms with Crippen molar-refractivity contribution in [2.24, 2.45) is 0 Å². The van der Waals surface area contributed by atoms with Crippen LogP contribution in [0.5, 0.6) is 0 Å². The average Bonchev–Trinajstić information content (AvgIpc) is 3.20. The Morgan fingerprint density at radius 1 is 1.33 bits per heavy atom. The Hall–Kier alpha value is -2.60. The summed E-state index contributed by atoms with van der Waals surface area (Å²) in [5.41, 5.74) is 3.91. The van der Waals surface area contributed by atoms with Gasteiger partial charge in [-0.05, 0) is 19.9 Å². The number of nitrogens with one attached hydrogen (secondary N) is 2. The molecule has 1 amide bonds. The molecule has 0 fully saturated rings. The van der Waals surface area contributed by atoms with Crippen molar-refractivity contribution in [3.05, 3.63) is 58.5 Å². The second kappa shape index (κ2) is 6.88. The molecule has 2 heterocycles. The van der Waals surface area contributed by atoms with Crippen LogP contribution in [-0.4, -0.2) is 25.9 Å². The van der Waals surface area contributed by atoms with Crippen LogP contribution in [0.3, 0.4) is 0 Å². The van der Waals surface area contributed by atoms with E-state index in [9.17, 15) is 4.79 Å². The average molecular weight is 344 g/mol. The first kappa shape index (κ1) is 16.3. The molecule has 0 aliphatic rings. The number of carbonyl (C=O) groups excluding carboxylic acids is 1. The molecule has 0 saturated heterocycles. The van der Waals surface area contributed by atoms with Crippen molar-refractivity contribution in [2.75, 3.05) is 0 Å². The van der Waals surface area contributed by atoms with Gasteiger partial charge in [0.05, 0.1) is 17.3 Å². The van der Waals surface area contributed by atoms with Crippen LogP contribution >= 0.6 is 11.6 Å². The Kier molecular flexibility index (Phi) is 4.66. The summed E-state index contributed by atoms with van der Waals surface area (Å²) in [6.07, 6.45) is 1.74. The highest BCUT2D eigenvalue weighted by molar-refractivity contribution is 6.31. The van der Waals surface area contributed by atoms with E-state index in [1.54, 1.807) is 16.9 Å². The SMILES string of the molecule is CCn1cc(Cl)c(CNC(=O)c2cc(-c3ccc(C)cc3)n[nH]2)n1. The minimum absolute atomic E-state index is 0.247. The maximum absolute atomic E-state index is 12.2. The van der Waals surface area contributed by atoms with E-state index in [1.807, 2.05) is 38.1 Å². The van der Waals surface area contributed by atoms with Gasteiger partial charge in [0.25, 0.3) is 5.91 Å². The normalized spacial score (nSPS) is 10.8. The van der Waals surface area contributed by atoms with Crippen LogP contribution in [0.4, 0.5) is 0 Å². The van der Waals surface area contributed by atoms with Crippen LogP contribution in [0.25, 0.3) is 11.3 Å². The predicted molar refractivity (Wildman–Crippen MR) is 92.8 cm³/mol. The van der Waals surface area contributed by atoms with Crippen molar-refractivity contribution in [1.82, 2.24) is 25.3 Å². The van der Waals surface area contributed by atoms with Gasteiger partial charge in [0.1, 0.15) is 11.4 Å². The molecule has 124 valence electrons. The maximum atomic E-state index is 12.2. The highest BCUT2D eigenvalue weighted by Gasteiger charge is 2.13. The smallest absolute Gasteiger partial charge is 0.269 e. The lowest BCUT2D eigenvalue weighted by molar-refractivity contribution is 0.0945. The summed E-state index contributed by atoms with van der Waals surface area (Å²) < 4.78 is 1.73. The minimum Gasteiger partial charge on any atom is -0.345 e. The van der Waals surface area contributed by atoms with Gasteiger partial charge in [0.2, 0.25) is 0 Å². The van der Waals surface area contributed by atoms with E-state index in [4.69, 9.17) is 11.6 Å². The number of aromatic amines is 1. The van der Waals surface area contributed by atoms with Crippen LogP contribution < -0.4 is 5.32 Å². The second-order valence-electron chi connectivity index (χ2n) is 5.49. The molecule has 7 heteroatoms. The van der Waals surface area contributed by atoms with Crippen molar-refractivity contribution in [2.45, 2.75) is 26.9 Å². The van der Waals surface area contributed by atoms with E-state index < -0.39 is 0 Å². The molecular weight excluding hydrogens is 326 g/mol. The second-order valence-corrected chi connectivity index (χ2v) is 5.90. The third-order valence-corrected chi connectivity index (χ3v) is 4.01. The predicted octanol–water partition coefficient (Wildman–Crippen LogP) is 3.18. The summed E-state index contributed by atoms with van der Waals surface area (Å²) in [5.74, 6) is -0.247. The fourth-order valence-corrected chi connectivity index (χ4v) is 2.51. The molecule has 2 N–H and O–H groups in total. The van der Waals surface area contributed by atoms with Gasteiger partial charge in [-0.1, -0.05) is 41.4 Å². The molecule has 0 unspecified atom stereocenters. The molecule has 0 spiro atoms. The molecule has 3 rings (SSSR count). The van der Waals surface area contributed by atoms with E-state index >= 15 is 0 Å². The lowest BCUT2D eigenvalue weighted by Gasteiger charge is -2.01. The number of carbonyl (C=O) groups is 1. The third kappa shape index (κ3) is 3.49. The number of amides is 1. The van der Waals surface area contributed by atoms with Crippen molar-refractivity contribution in [1.29, 1.82) is 0 Å². The lowest BCUT2D eigenvalue weighted by atomic mass is 10.1. The third-order valence-electron chi connectivity index (χ3n) is 3.70. The van der Waals surface area contributed by atoms with E-state index in [-0.39, 0.29) is 12.5 Å². The molecule has 6 nitrogen and oxygen atoms in total. The lowest BCUT2D eigenvalue weighted by Crippen LogP contribution is -2.23. The van der Waals surface area contributed by atoms with Gasteiger partial charge in [-0.3, -0.25) is 14.6 Å². The number of halogens is 1. The Labute approximate surface area is 144 Å². The van der Waals surface area contributed by atoms with E-state index in [0.717, 1.165) is 17.8 Å².